The van der Waals surface area contributed by atoms with E-state index >= 15 is 0 Å². The fourth-order valence-electron chi connectivity index (χ4n) is 1.79. The van der Waals surface area contributed by atoms with E-state index in [1.807, 2.05) is 24.3 Å². The van der Waals surface area contributed by atoms with Gasteiger partial charge in [-0.15, -0.1) is 0 Å². The van der Waals surface area contributed by atoms with Gasteiger partial charge in [-0.05, 0) is 26.0 Å². The molecular formula is C13H17N2O3P. The SMILES string of the molecule is CCOP(=O)(Cc1cnc2ccccc2n1)OCC. The number of hydrogen-bond donors (Lipinski definition) is 0. The highest BCUT2D eigenvalue weighted by molar-refractivity contribution is 7.53. The summed E-state index contributed by atoms with van der Waals surface area (Å²) < 4.78 is 22.9. The van der Waals surface area contributed by atoms with E-state index in [0.717, 1.165) is 11.0 Å². The third-order valence-electron chi connectivity index (χ3n) is 2.51. The van der Waals surface area contributed by atoms with E-state index in [9.17, 15) is 4.57 Å². The number of aromatic nitrogens is 2. The van der Waals surface area contributed by atoms with Crippen molar-refractivity contribution in [2.75, 3.05) is 13.2 Å². The molecule has 1 aromatic heterocycles. The Hall–Kier alpha value is -1.29. The molecule has 5 nitrogen and oxygen atoms in total. The largest absolute Gasteiger partial charge is 0.336 e. The zero-order valence-electron chi connectivity index (χ0n) is 11.1. The van der Waals surface area contributed by atoms with Gasteiger partial charge >= 0.3 is 7.60 Å². The highest BCUT2D eigenvalue weighted by atomic mass is 31.2. The van der Waals surface area contributed by atoms with Crippen LogP contribution in [0, 0.1) is 0 Å². The number of benzene rings is 1. The van der Waals surface area contributed by atoms with E-state index in [-0.39, 0.29) is 6.16 Å². The molecule has 2 aromatic rings. The summed E-state index contributed by atoms with van der Waals surface area (Å²) >= 11 is 0. The Bertz CT molecular complexity index is 593. The summed E-state index contributed by atoms with van der Waals surface area (Å²) in [5.41, 5.74) is 2.21. The zero-order chi connectivity index (χ0) is 13.7. The summed E-state index contributed by atoms with van der Waals surface area (Å²) in [6.07, 6.45) is 1.76. The van der Waals surface area contributed by atoms with Crippen molar-refractivity contribution in [3.8, 4) is 0 Å². The lowest BCUT2D eigenvalue weighted by atomic mass is 10.3. The van der Waals surface area contributed by atoms with Gasteiger partial charge in [-0.1, -0.05) is 12.1 Å². The predicted molar refractivity (Wildman–Crippen MR) is 74.1 cm³/mol. The Morgan fingerprint density at radius 1 is 1.11 bits per heavy atom. The lowest BCUT2D eigenvalue weighted by molar-refractivity contribution is 0.219. The molecule has 0 N–H and O–H groups in total. The highest BCUT2D eigenvalue weighted by Crippen LogP contribution is 2.50. The maximum atomic E-state index is 12.4. The van der Waals surface area contributed by atoms with E-state index in [1.165, 1.54) is 0 Å². The minimum absolute atomic E-state index is 0.145. The highest BCUT2D eigenvalue weighted by Gasteiger charge is 2.25. The van der Waals surface area contributed by atoms with E-state index < -0.39 is 7.60 Å². The quantitative estimate of drug-likeness (QED) is 0.759. The molecule has 1 aromatic carbocycles. The summed E-state index contributed by atoms with van der Waals surface area (Å²) in [5.74, 6) is 0. The molecule has 0 unspecified atom stereocenters. The van der Waals surface area contributed by atoms with Crippen molar-refractivity contribution in [2.45, 2.75) is 20.0 Å². The normalized spacial score (nSPS) is 11.9. The van der Waals surface area contributed by atoms with Crippen molar-refractivity contribution < 1.29 is 13.6 Å². The smallest absolute Gasteiger partial charge is 0.309 e. The molecule has 6 heteroatoms. The monoisotopic (exact) mass is 280 g/mol. The predicted octanol–water partition coefficient (Wildman–Crippen LogP) is 3.40. The van der Waals surface area contributed by atoms with Crippen molar-refractivity contribution in [1.29, 1.82) is 0 Å². The van der Waals surface area contributed by atoms with Crippen LogP contribution in [0.1, 0.15) is 19.5 Å². The van der Waals surface area contributed by atoms with Crippen molar-refractivity contribution in [1.82, 2.24) is 9.97 Å². The number of fused-ring (bicyclic) bond motifs is 1. The molecule has 0 fully saturated rings. The van der Waals surface area contributed by atoms with E-state index in [1.54, 1.807) is 20.0 Å². The van der Waals surface area contributed by atoms with Crippen molar-refractivity contribution >= 4 is 18.6 Å². The standard InChI is InChI=1S/C13H17N2O3P/c1-3-17-19(16,18-4-2)10-11-9-14-12-7-5-6-8-13(12)15-11/h5-9H,3-4,10H2,1-2H3. The van der Waals surface area contributed by atoms with Gasteiger partial charge in [0, 0.05) is 6.20 Å². The Morgan fingerprint density at radius 3 is 2.37 bits per heavy atom. The third-order valence-corrected chi connectivity index (χ3v) is 4.52. The second kappa shape index (κ2) is 6.24. The molecule has 0 saturated heterocycles. The van der Waals surface area contributed by atoms with Crippen LogP contribution in [0.25, 0.3) is 11.0 Å². The number of nitrogens with zero attached hydrogens (tertiary/aromatic N) is 2. The van der Waals surface area contributed by atoms with Gasteiger partial charge in [-0.2, -0.15) is 0 Å². The first-order valence-electron chi connectivity index (χ1n) is 6.25. The molecule has 0 atom stereocenters. The molecule has 0 saturated carbocycles. The molecule has 2 rings (SSSR count). The van der Waals surface area contributed by atoms with E-state index in [2.05, 4.69) is 9.97 Å². The summed E-state index contributed by atoms with van der Waals surface area (Å²) in [5, 5.41) is 0. The maximum Gasteiger partial charge on any atom is 0.336 e. The average Bonchev–Trinajstić information content (AvgIpc) is 2.39. The number of hydrogen-bond acceptors (Lipinski definition) is 5. The van der Waals surface area contributed by atoms with Crippen LogP contribution in [0.15, 0.2) is 30.5 Å². The molecule has 0 amide bonds. The van der Waals surface area contributed by atoms with Gasteiger partial charge in [0.05, 0.1) is 36.1 Å². The molecule has 0 aliphatic carbocycles. The molecule has 19 heavy (non-hydrogen) atoms. The van der Waals surface area contributed by atoms with Gasteiger partial charge < -0.3 is 9.05 Å². The van der Waals surface area contributed by atoms with Crippen molar-refractivity contribution in [3.63, 3.8) is 0 Å². The van der Waals surface area contributed by atoms with E-state index in [0.29, 0.717) is 18.9 Å². The minimum Gasteiger partial charge on any atom is -0.309 e. The average molecular weight is 280 g/mol. The van der Waals surface area contributed by atoms with Crippen molar-refractivity contribution in [3.05, 3.63) is 36.2 Å². The first kappa shape index (κ1) is 14.1. The van der Waals surface area contributed by atoms with Crippen LogP contribution < -0.4 is 0 Å². The zero-order valence-corrected chi connectivity index (χ0v) is 12.0. The van der Waals surface area contributed by atoms with Gasteiger partial charge in [-0.3, -0.25) is 9.55 Å². The van der Waals surface area contributed by atoms with Gasteiger partial charge in [0.25, 0.3) is 0 Å². The Kier molecular flexibility index (Phi) is 4.64. The molecule has 0 bridgehead atoms. The Balaban J connectivity index is 2.26. The van der Waals surface area contributed by atoms with Gasteiger partial charge in [-0.25, -0.2) is 4.98 Å². The first-order valence-corrected chi connectivity index (χ1v) is 7.98. The van der Waals surface area contributed by atoms with Crippen LogP contribution in [-0.4, -0.2) is 23.2 Å². The molecule has 0 aliphatic rings. The summed E-state index contributed by atoms with van der Waals surface area (Å²) in [6.45, 7) is 4.27. The number of para-hydroxylation sites is 2. The fraction of sp³-hybridized carbons (Fsp3) is 0.385. The van der Waals surface area contributed by atoms with Crippen molar-refractivity contribution in [2.24, 2.45) is 0 Å². The van der Waals surface area contributed by atoms with E-state index in [4.69, 9.17) is 9.05 Å². The lowest BCUT2D eigenvalue weighted by Gasteiger charge is -2.16. The summed E-state index contributed by atoms with van der Waals surface area (Å²) in [4.78, 5) is 8.72. The van der Waals surface area contributed by atoms with Gasteiger partial charge in [0.2, 0.25) is 0 Å². The summed E-state index contributed by atoms with van der Waals surface area (Å²) in [6, 6.07) is 7.56. The Labute approximate surface area is 112 Å². The molecule has 0 spiro atoms. The minimum atomic E-state index is -3.12. The first-order chi connectivity index (χ1) is 9.17. The van der Waals surface area contributed by atoms with Crippen LogP contribution in [0.2, 0.25) is 0 Å². The maximum absolute atomic E-state index is 12.4. The molecule has 0 aliphatic heterocycles. The Morgan fingerprint density at radius 2 is 1.74 bits per heavy atom. The van der Waals surface area contributed by atoms with Crippen LogP contribution in [0.5, 0.6) is 0 Å². The molecule has 1 heterocycles. The van der Waals surface area contributed by atoms with Crippen LogP contribution >= 0.6 is 7.60 Å². The topological polar surface area (TPSA) is 61.3 Å². The third kappa shape index (κ3) is 3.60. The lowest BCUT2D eigenvalue weighted by Crippen LogP contribution is -2.01. The second-order valence-corrected chi connectivity index (χ2v) is 6.01. The molecular weight excluding hydrogens is 263 g/mol. The summed E-state index contributed by atoms with van der Waals surface area (Å²) in [7, 11) is -3.12. The molecule has 0 radical (unpaired) electrons. The van der Waals surface area contributed by atoms with Crippen LogP contribution in [0.4, 0.5) is 0 Å². The van der Waals surface area contributed by atoms with Gasteiger partial charge in [0.1, 0.15) is 0 Å². The molecule has 102 valence electrons. The number of rotatable bonds is 6. The van der Waals surface area contributed by atoms with Gasteiger partial charge in [0.15, 0.2) is 0 Å². The van der Waals surface area contributed by atoms with Crippen LogP contribution in [-0.2, 0) is 19.8 Å². The fourth-order valence-corrected chi connectivity index (χ4v) is 3.39. The van der Waals surface area contributed by atoms with Crippen LogP contribution in [0.3, 0.4) is 0 Å². The second-order valence-electron chi connectivity index (χ2n) is 3.95.